The molecule has 0 saturated carbocycles. The van der Waals surface area contributed by atoms with Gasteiger partial charge in [-0.15, -0.1) is 0 Å². The summed E-state index contributed by atoms with van der Waals surface area (Å²) in [5.74, 6) is -0.784. The van der Waals surface area contributed by atoms with Crippen molar-refractivity contribution in [3.63, 3.8) is 0 Å². The average molecular weight is 418 g/mol. The maximum atomic E-state index is 12.1. The molecule has 0 bridgehead atoms. The van der Waals surface area contributed by atoms with E-state index in [-0.39, 0.29) is 0 Å². The first kappa shape index (κ1) is 21.8. The van der Waals surface area contributed by atoms with Crippen molar-refractivity contribution in [2.24, 2.45) is 5.10 Å². The molecule has 2 N–H and O–H groups in total. The molecule has 0 radical (unpaired) electrons. The Morgan fingerprint density at radius 3 is 2.42 bits per heavy atom. The maximum absolute atomic E-state index is 12.1. The number of ether oxygens (including phenoxy) is 1. The number of hydrogen-bond acceptors (Lipinski definition) is 4. The van der Waals surface area contributed by atoms with Crippen molar-refractivity contribution < 1.29 is 14.3 Å². The zero-order valence-electron chi connectivity index (χ0n) is 18.1. The van der Waals surface area contributed by atoms with Gasteiger partial charge in [0.15, 0.2) is 0 Å². The molecule has 2 amide bonds. The number of anilines is 1. The number of hydrazone groups is 1. The van der Waals surface area contributed by atoms with Gasteiger partial charge in [-0.05, 0) is 69.7 Å². The van der Waals surface area contributed by atoms with Gasteiger partial charge in [-0.1, -0.05) is 18.2 Å². The largest absolute Gasteiger partial charge is 0.494 e. The summed E-state index contributed by atoms with van der Waals surface area (Å²) in [7, 11) is 0. The lowest BCUT2D eigenvalue weighted by molar-refractivity contribution is -0.136. The number of rotatable bonds is 6. The highest BCUT2D eigenvalue weighted by Gasteiger charge is 2.14. The first-order valence-electron chi connectivity index (χ1n) is 10.0. The van der Waals surface area contributed by atoms with Gasteiger partial charge < -0.3 is 14.6 Å². The average Bonchev–Trinajstić information content (AvgIpc) is 3.03. The fourth-order valence-electron chi connectivity index (χ4n) is 3.28. The number of hydrogen-bond donors (Lipinski definition) is 2. The van der Waals surface area contributed by atoms with E-state index in [0.29, 0.717) is 12.3 Å². The van der Waals surface area contributed by atoms with Gasteiger partial charge in [-0.25, -0.2) is 5.43 Å². The third kappa shape index (κ3) is 5.19. The topological polar surface area (TPSA) is 84.7 Å². The Bertz CT molecular complexity index is 1110. The number of amides is 2. The van der Waals surface area contributed by atoms with E-state index < -0.39 is 11.8 Å². The molecule has 0 aliphatic carbocycles. The molecule has 3 rings (SSSR count). The fourth-order valence-corrected chi connectivity index (χ4v) is 3.28. The molecule has 3 aromatic rings. The van der Waals surface area contributed by atoms with E-state index in [4.69, 9.17) is 4.74 Å². The van der Waals surface area contributed by atoms with Crippen molar-refractivity contribution >= 4 is 23.7 Å². The Balaban J connectivity index is 1.67. The number of nitrogens with zero attached hydrogens (tertiary/aromatic N) is 2. The van der Waals surface area contributed by atoms with Crippen molar-refractivity contribution in [3.8, 4) is 11.4 Å². The van der Waals surface area contributed by atoms with Crippen LogP contribution < -0.4 is 15.5 Å². The van der Waals surface area contributed by atoms with Gasteiger partial charge in [0, 0.05) is 28.3 Å². The monoisotopic (exact) mass is 418 g/mol. The van der Waals surface area contributed by atoms with Gasteiger partial charge in [0.2, 0.25) is 0 Å². The van der Waals surface area contributed by atoms with Crippen LogP contribution >= 0.6 is 0 Å². The molecule has 0 fully saturated rings. The first-order valence-corrected chi connectivity index (χ1v) is 10.0. The minimum absolute atomic E-state index is 0.588. The van der Waals surface area contributed by atoms with Gasteiger partial charge in [0.1, 0.15) is 5.75 Å². The number of benzene rings is 2. The molecule has 0 aliphatic rings. The van der Waals surface area contributed by atoms with E-state index in [9.17, 15) is 9.59 Å². The third-order valence-electron chi connectivity index (χ3n) is 4.85. The molecule has 0 unspecified atom stereocenters. The van der Waals surface area contributed by atoms with Crippen LogP contribution in [0.2, 0.25) is 0 Å². The lowest BCUT2D eigenvalue weighted by Gasteiger charge is -2.11. The predicted molar refractivity (Wildman–Crippen MR) is 122 cm³/mol. The molecule has 0 aliphatic heterocycles. The number of para-hydroxylation sites is 1. The fraction of sp³-hybridized carbons (Fsp3) is 0.208. The Kier molecular flexibility index (Phi) is 6.87. The lowest BCUT2D eigenvalue weighted by Crippen LogP contribution is -2.32. The number of aromatic nitrogens is 1. The van der Waals surface area contributed by atoms with Crippen LogP contribution in [-0.4, -0.2) is 29.2 Å². The number of nitrogens with one attached hydrogen (secondary N) is 2. The molecule has 1 heterocycles. The van der Waals surface area contributed by atoms with E-state index in [1.807, 2.05) is 70.2 Å². The molecule has 1 aromatic heterocycles. The molecule has 160 valence electrons. The highest BCUT2D eigenvalue weighted by molar-refractivity contribution is 6.39. The molecule has 7 heteroatoms. The van der Waals surface area contributed by atoms with Crippen molar-refractivity contribution in [3.05, 3.63) is 77.1 Å². The molecular formula is C24H26N4O3. The molecule has 0 atom stereocenters. The Labute approximate surface area is 181 Å². The zero-order chi connectivity index (χ0) is 22.4. The second-order valence-electron chi connectivity index (χ2n) is 7.06. The van der Waals surface area contributed by atoms with Crippen LogP contribution in [0.3, 0.4) is 0 Å². The van der Waals surface area contributed by atoms with Gasteiger partial charge in [0.05, 0.1) is 12.8 Å². The lowest BCUT2D eigenvalue weighted by atomic mass is 10.2. The summed E-state index contributed by atoms with van der Waals surface area (Å²) in [6.07, 6.45) is 1.53. The van der Waals surface area contributed by atoms with Gasteiger partial charge in [-0.2, -0.15) is 5.10 Å². The highest BCUT2D eigenvalue weighted by Crippen LogP contribution is 2.22. The molecule has 2 aromatic carbocycles. The van der Waals surface area contributed by atoms with E-state index in [1.165, 1.54) is 6.21 Å². The second kappa shape index (κ2) is 9.75. The summed E-state index contributed by atoms with van der Waals surface area (Å²) >= 11 is 0. The van der Waals surface area contributed by atoms with Crippen molar-refractivity contribution in [1.29, 1.82) is 0 Å². The van der Waals surface area contributed by atoms with Crippen LogP contribution in [-0.2, 0) is 9.59 Å². The van der Waals surface area contributed by atoms with Crippen molar-refractivity contribution in [1.82, 2.24) is 9.99 Å². The third-order valence-corrected chi connectivity index (χ3v) is 4.85. The molecule has 31 heavy (non-hydrogen) atoms. The second-order valence-corrected chi connectivity index (χ2v) is 7.06. The summed E-state index contributed by atoms with van der Waals surface area (Å²) in [4.78, 5) is 24.1. The van der Waals surface area contributed by atoms with Crippen molar-refractivity contribution in [2.45, 2.75) is 27.7 Å². The number of carbonyl (C=O) groups is 2. The van der Waals surface area contributed by atoms with E-state index in [0.717, 1.165) is 34.0 Å². The normalized spacial score (nSPS) is 10.8. The summed E-state index contributed by atoms with van der Waals surface area (Å²) in [5.41, 5.74) is 7.56. The molecule has 0 saturated heterocycles. The van der Waals surface area contributed by atoms with Gasteiger partial charge >= 0.3 is 11.8 Å². The summed E-state index contributed by atoms with van der Waals surface area (Å²) in [5, 5.41) is 6.53. The van der Waals surface area contributed by atoms with E-state index in [2.05, 4.69) is 20.4 Å². The highest BCUT2D eigenvalue weighted by atomic mass is 16.5. The Hall–Kier alpha value is -3.87. The summed E-state index contributed by atoms with van der Waals surface area (Å²) in [6.45, 7) is 8.39. The van der Waals surface area contributed by atoms with Crippen LogP contribution in [0.25, 0.3) is 5.69 Å². The van der Waals surface area contributed by atoms with Crippen molar-refractivity contribution in [2.75, 3.05) is 11.9 Å². The summed E-state index contributed by atoms with van der Waals surface area (Å²) < 4.78 is 7.58. The van der Waals surface area contributed by atoms with E-state index in [1.54, 1.807) is 12.1 Å². The Morgan fingerprint density at radius 1 is 1.03 bits per heavy atom. The minimum Gasteiger partial charge on any atom is -0.494 e. The smallest absolute Gasteiger partial charge is 0.329 e. The SMILES string of the molecule is CCOc1ccc(-n2c(C)cc(/C=N\NC(=O)C(=O)Nc3ccccc3C)c2C)cc1. The van der Waals surface area contributed by atoms with Gasteiger partial charge in [-0.3, -0.25) is 9.59 Å². The number of carbonyl (C=O) groups excluding carboxylic acids is 2. The quantitative estimate of drug-likeness (QED) is 0.362. The molecule has 0 spiro atoms. The Morgan fingerprint density at radius 2 is 1.74 bits per heavy atom. The standard InChI is InChI=1S/C24H26N4O3/c1-5-31-21-12-10-20(11-13-21)28-17(3)14-19(18(28)4)15-25-27-24(30)23(29)26-22-9-7-6-8-16(22)2/h6-15H,5H2,1-4H3,(H,26,29)(H,27,30)/b25-15-. The van der Waals surface area contributed by atoms with Gasteiger partial charge in [0.25, 0.3) is 0 Å². The van der Waals surface area contributed by atoms with Crippen LogP contribution in [0, 0.1) is 20.8 Å². The number of aryl methyl sites for hydroxylation is 2. The van der Waals surface area contributed by atoms with E-state index >= 15 is 0 Å². The summed E-state index contributed by atoms with van der Waals surface area (Å²) in [6, 6.07) is 17.0. The first-order chi connectivity index (χ1) is 14.9. The predicted octanol–water partition coefficient (Wildman–Crippen LogP) is 3.89. The zero-order valence-corrected chi connectivity index (χ0v) is 18.1. The van der Waals surface area contributed by atoms with Crippen LogP contribution in [0.5, 0.6) is 5.75 Å². The van der Waals surface area contributed by atoms with Crippen LogP contribution in [0.4, 0.5) is 5.69 Å². The molecule has 7 nitrogen and oxygen atoms in total. The maximum Gasteiger partial charge on any atom is 0.329 e. The van der Waals surface area contributed by atoms with Crippen LogP contribution in [0.15, 0.2) is 59.7 Å². The minimum atomic E-state index is -0.833. The molecular weight excluding hydrogens is 392 g/mol. The van der Waals surface area contributed by atoms with Crippen LogP contribution in [0.1, 0.15) is 29.4 Å².